The third-order valence-electron chi connectivity index (χ3n) is 5.82. The zero-order valence-electron chi connectivity index (χ0n) is 19.5. The summed E-state index contributed by atoms with van der Waals surface area (Å²) < 4.78 is 44.4. The first-order valence-electron chi connectivity index (χ1n) is 11.4. The number of ether oxygens (including phenoxy) is 1. The lowest BCUT2D eigenvalue weighted by molar-refractivity contribution is -0.137. The molecule has 33 heavy (non-hydrogen) atoms. The van der Waals surface area contributed by atoms with Crippen molar-refractivity contribution >= 4 is 16.8 Å². The number of rotatable bonds is 9. The molecule has 1 heterocycles. The minimum Gasteiger partial charge on any atom is -0.493 e. The molecule has 1 aliphatic heterocycles. The van der Waals surface area contributed by atoms with Gasteiger partial charge in [-0.05, 0) is 67.5 Å². The van der Waals surface area contributed by atoms with Crippen molar-refractivity contribution in [2.24, 2.45) is 10.9 Å². The largest absolute Gasteiger partial charge is 0.493 e. The maximum absolute atomic E-state index is 12.9. The lowest BCUT2D eigenvalue weighted by Gasteiger charge is -2.22. The van der Waals surface area contributed by atoms with Gasteiger partial charge < -0.3 is 9.84 Å². The first-order chi connectivity index (χ1) is 15.6. The van der Waals surface area contributed by atoms with Gasteiger partial charge in [0.05, 0.1) is 29.4 Å². The summed E-state index contributed by atoms with van der Waals surface area (Å²) in [5, 5.41) is 11.7. The highest BCUT2D eigenvalue weighted by Gasteiger charge is 2.34. The average Bonchev–Trinajstić information content (AvgIpc) is 3.21. The first-order valence-corrected chi connectivity index (χ1v) is 12.3. The Morgan fingerprint density at radius 1 is 1.12 bits per heavy atom. The molecule has 2 unspecified atom stereocenters. The number of hydrogen-bond donors (Lipinski definition) is 1. The van der Waals surface area contributed by atoms with Crippen LogP contribution < -0.4 is 4.74 Å². The van der Waals surface area contributed by atoms with E-state index >= 15 is 0 Å². The molecule has 0 fully saturated rings. The first kappa shape index (κ1) is 25.6. The summed E-state index contributed by atoms with van der Waals surface area (Å²) >= 11 is 1.60. The summed E-state index contributed by atoms with van der Waals surface area (Å²) in [6.07, 6.45) is -2.65. The Kier molecular flexibility index (Phi) is 8.51. The molecule has 0 aromatic heterocycles. The fourth-order valence-electron chi connectivity index (χ4n) is 3.96. The van der Waals surface area contributed by atoms with E-state index in [1.54, 1.807) is 11.8 Å². The van der Waals surface area contributed by atoms with Crippen molar-refractivity contribution < 1.29 is 23.0 Å². The maximum atomic E-state index is 12.9. The van der Waals surface area contributed by atoms with Crippen molar-refractivity contribution in [3.8, 4) is 5.75 Å². The Hall–Kier alpha value is -1.99. The molecule has 3 nitrogen and oxygen atoms in total. The van der Waals surface area contributed by atoms with E-state index in [4.69, 9.17) is 9.73 Å². The third kappa shape index (κ3) is 6.54. The highest BCUT2D eigenvalue weighted by molar-refractivity contribution is 8.15. The van der Waals surface area contributed by atoms with Crippen molar-refractivity contribution in [1.29, 1.82) is 0 Å². The molecule has 1 N–H and O–H groups in total. The summed E-state index contributed by atoms with van der Waals surface area (Å²) in [6.45, 7) is 8.91. The number of thioether (sulfide) groups is 1. The summed E-state index contributed by atoms with van der Waals surface area (Å²) in [6, 6.07) is 11.1. The lowest BCUT2D eigenvalue weighted by atomic mass is 9.95. The summed E-state index contributed by atoms with van der Waals surface area (Å²) in [5.74, 6) is 1.14. The van der Waals surface area contributed by atoms with Gasteiger partial charge in [-0.2, -0.15) is 13.2 Å². The second-order valence-corrected chi connectivity index (χ2v) is 10.1. The molecule has 2 aromatic rings. The van der Waals surface area contributed by atoms with E-state index in [-0.39, 0.29) is 11.3 Å². The number of aliphatic hydroxyl groups excluding tert-OH is 1. The van der Waals surface area contributed by atoms with Gasteiger partial charge in [0.2, 0.25) is 0 Å². The highest BCUT2D eigenvalue weighted by atomic mass is 32.2. The van der Waals surface area contributed by atoms with Crippen LogP contribution in [0.4, 0.5) is 13.2 Å². The van der Waals surface area contributed by atoms with Crippen LogP contribution in [-0.4, -0.2) is 28.0 Å². The molecule has 0 saturated heterocycles. The molecule has 7 heteroatoms. The molecule has 0 amide bonds. The molecule has 0 saturated carbocycles. The summed E-state index contributed by atoms with van der Waals surface area (Å²) in [7, 11) is 0. The van der Waals surface area contributed by atoms with E-state index in [9.17, 15) is 18.3 Å². The van der Waals surface area contributed by atoms with Crippen molar-refractivity contribution in [3.05, 3.63) is 64.7 Å². The fraction of sp³-hybridized carbons (Fsp3) is 0.500. The van der Waals surface area contributed by atoms with E-state index in [1.807, 2.05) is 25.1 Å². The zero-order chi connectivity index (χ0) is 24.2. The zero-order valence-corrected chi connectivity index (χ0v) is 20.3. The predicted octanol–water partition coefficient (Wildman–Crippen LogP) is 7.20. The van der Waals surface area contributed by atoms with Gasteiger partial charge in [-0.3, -0.25) is 4.99 Å². The molecular formula is C26H32F3NO2S. The lowest BCUT2D eigenvalue weighted by Crippen LogP contribution is -2.23. The summed E-state index contributed by atoms with van der Waals surface area (Å²) in [4.78, 5) is 4.84. The van der Waals surface area contributed by atoms with Gasteiger partial charge in [0.15, 0.2) is 0 Å². The Morgan fingerprint density at radius 2 is 1.82 bits per heavy atom. The van der Waals surface area contributed by atoms with Gasteiger partial charge >= 0.3 is 6.18 Å². The second-order valence-electron chi connectivity index (χ2n) is 8.87. The molecule has 0 bridgehead atoms. The van der Waals surface area contributed by atoms with Crippen LogP contribution in [0.5, 0.6) is 5.75 Å². The van der Waals surface area contributed by atoms with E-state index in [0.29, 0.717) is 24.5 Å². The fourth-order valence-corrected chi connectivity index (χ4v) is 5.47. The number of aryl methyl sites for hydroxylation is 1. The number of benzene rings is 2. The Bertz CT molecular complexity index is 957. The van der Waals surface area contributed by atoms with Crippen molar-refractivity contribution in [3.63, 3.8) is 0 Å². The van der Waals surface area contributed by atoms with Gasteiger partial charge in [-0.1, -0.05) is 39.0 Å². The smallest absolute Gasteiger partial charge is 0.416 e. The molecule has 180 valence electrons. The predicted molar refractivity (Wildman–Crippen MR) is 129 cm³/mol. The number of aliphatic imine (C=N–C) groups is 1. The molecule has 0 radical (unpaired) electrons. The minimum atomic E-state index is -4.35. The van der Waals surface area contributed by atoms with Crippen LogP contribution in [0, 0.1) is 12.8 Å². The SMILES string of the molecule is CCCOc1ccc([C@@H](O)CCC2SC(c3ccc(C(F)(F)F)cc3)=NC2C(C)C)cc1C. The third-order valence-corrected chi connectivity index (χ3v) is 7.20. The van der Waals surface area contributed by atoms with Gasteiger partial charge in [-0.25, -0.2) is 0 Å². The van der Waals surface area contributed by atoms with E-state index in [0.717, 1.165) is 46.9 Å². The number of hydrogen-bond acceptors (Lipinski definition) is 4. The Balaban J connectivity index is 1.64. The average molecular weight is 480 g/mol. The van der Waals surface area contributed by atoms with Crippen molar-refractivity contribution in [2.45, 2.75) is 70.5 Å². The standard InChI is InChI=1S/C26H32F3NO2S/c1-5-14-32-22-12-8-19(15-17(22)4)21(31)11-13-23-24(16(2)3)30-25(33-23)18-6-9-20(10-7-18)26(27,28)29/h6-10,12,15-16,21,23-24,31H,5,11,13-14H2,1-4H3/t21-,23?,24?/m0/s1. The van der Waals surface area contributed by atoms with Crippen LogP contribution in [0.1, 0.15) is 68.4 Å². The molecule has 1 aliphatic rings. The van der Waals surface area contributed by atoms with Crippen LogP contribution in [-0.2, 0) is 6.18 Å². The van der Waals surface area contributed by atoms with E-state index < -0.39 is 17.8 Å². The van der Waals surface area contributed by atoms with Crippen LogP contribution >= 0.6 is 11.8 Å². The number of alkyl halides is 3. The second kappa shape index (κ2) is 11.0. The normalized spacial score (nSPS) is 19.6. The topological polar surface area (TPSA) is 41.8 Å². The number of aliphatic hydroxyl groups is 1. The highest BCUT2D eigenvalue weighted by Crippen LogP contribution is 2.39. The molecule has 3 atom stereocenters. The summed E-state index contributed by atoms with van der Waals surface area (Å²) in [5.41, 5.74) is 1.92. The van der Waals surface area contributed by atoms with Crippen LogP contribution in [0.15, 0.2) is 47.5 Å². The Labute approximate surface area is 198 Å². The van der Waals surface area contributed by atoms with Gasteiger partial charge in [0.25, 0.3) is 0 Å². The van der Waals surface area contributed by atoms with Crippen molar-refractivity contribution in [1.82, 2.24) is 0 Å². The monoisotopic (exact) mass is 479 g/mol. The quantitative estimate of drug-likeness (QED) is 0.413. The maximum Gasteiger partial charge on any atom is 0.416 e. The van der Waals surface area contributed by atoms with Crippen LogP contribution in [0.2, 0.25) is 0 Å². The van der Waals surface area contributed by atoms with E-state index in [1.165, 1.54) is 12.1 Å². The van der Waals surface area contributed by atoms with Gasteiger partial charge in [0.1, 0.15) is 5.75 Å². The molecule has 3 rings (SSSR count). The van der Waals surface area contributed by atoms with Crippen molar-refractivity contribution in [2.75, 3.05) is 6.61 Å². The van der Waals surface area contributed by atoms with Gasteiger partial charge in [-0.15, -0.1) is 11.8 Å². The molecule has 0 aliphatic carbocycles. The Morgan fingerprint density at radius 3 is 2.39 bits per heavy atom. The van der Waals surface area contributed by atoms with Crippen LogP contribution in [0.3, 0.4) is 0 Å². The van der Waals surface area contributed by atoms with Gasteiger partial charge in [0, 0.05) is 10.8 Å². The molecule has 2 aromatic carbocycles. The molecular weight excluding hydrogens is 447 g/mol. The van der Waals surface area contributed by atoms with E-state index in [2.05, 4.69) is 20.8 Å². The number of halogens is 3. The molecule has 0 spiro atoms. The minimum absolute atomic E-state index is 0.0612. The van der Waals surface area contributed by atoms with Crippen LogP contribution in [0.25, 0.3) is 0 Å². The number of nitrogens with zero attached hydrogens (tertiary/aromatic N) is 1.